The van der Waals surface area contributed by atoms with Gasteiger partial charge in [-0.3, -0.25) is 0 Å². The maximum atomic E-state index is 11.6. The van der Waals surface area contributed by atoms with Crippen LogP contribution in [0, 0.1) is 5.92 Å². The molecule has 5 heteroatoms. The van der Waals surface area contributed by atoms with Gasteiger partial charge >= 0.3 is 0 Å². The van der Waals surface area contributed by atoms with Gasteiger partial charge in [-0.05, 0) is 50.9 Å². The molecule has 0 aromatic carbocycles. The summed E-state index contributed by atoms with van der Waals surface area (Å²) in [6, 6.07) is 0. The van der Waals surface area contributed by atoms with E-state index in [1.54, 1.807) is 0 Å². The number of hydrogen-bond donors (Lipinski definition) is 1. The summed E-state index contributed by atoms with van der Waals surface area (Å²) < 4.78 is 28.8. The van der Waals surface area contributed by atoms with Gasteiger partial charge in [0.15, 0.2) is 0 Å². The predicted octanol–water partition coefficient (Wildman–Crippen LogP) is 1.91. The molecule has 2 fully saturated rings. The Morgan fingerprint density at radius 3 is 2.68 bits per heavy atom. The van der Waals surface area contributed by atoms with E-state index in [2.05, 4.69) is 0 Å². The topological polar surface area (TPSA) is 63.6 Å². The summed E-state index contributed by atoms with van der Waals surface area (Å²) in [6.07, 6.45) is 8.39. The number of rotatable bonds is 5. The minimum atomic E-state index is -2.96. The number of sulfone groups is 1. The van der Waals surface area contributed by atoms with E-state index in [0.29, 0.717) is 12.5 Å². The molecular formula is C14H26O4S. The van der Waals surface area contributed by atoms with Crippen LogP contribution in [0.5, 0.6) is 0 Å². The maximum absolute atomic E-state index is 11.6. The van der Waals surface area contributed by atoms with Crippen LogP contribution >= 0.6 is 0 Å². The molecule has 1 saturated carbocycles. The van der Waals surface area contributed by atoms with Gasteiger partial charge in [0.25, 0.3) is 0 Å². The molecule has 1 N–H and O–H groups in total. The molecule has 0 amide bonds. The number of ether oxygens (including phenoxy) is 1. The van der Waals surface area contributed by atoms with Crippen LogP contribution in [0.1, 0.15) is 51.4 Å². The number of hydrogen-bond acceptors (Lipinski definition) is 4. The third kappa shape index (κ3) is 4.43. The quantitative estimate of drug-likeness (QED) is 0.840. The van der Waals surface area contributed by atoms with Crippen molar-refractivity contribution >= 4 is 9.84 Å². The molecule has 2 aliphatic rings. The highest BCUT2D eigenvalue weighted by molar-refractivity contribution is 7.91. The molecule has 19 heavy (non-hydrogen) atoms. The van der Waals surface area contributed by atoms with Crippen molar-refractivity contribution in [3.8, 4) is 0 Å². The first kappa shape index (κ1) is 15.3. The molecule has 0 radical (unpaired) electrons. The Bertz CT molecular complexity index is 373. The molecule has 4 unspecified atom stereocenters. The minimum absolute atomic E-state index is 0.148. The van der Waals surface area contributed by atoms with Gasteiger partial charge in [-0.25, -0.2) is 8.42 Å². The molecule has 0 aromatic heterocycles. The summed E-state index contributed by atoms with van der Waals surface area (Å²) in [7, 11) is -2.96. The van der Waals surface area contributed by atoms with Crippen LogP contribution in [0.4, 0.5) is 0 Å². The number of aliphatic hydroxyl groups is 1. The molecule has 2 rings (SSSR count). The molecule has 1 aliphatic heterocycles. The minimum Gasteiger partial charge on any atom is -0.393 e. The zero-order valence-corrected chi connectivity index (χ0v) is 12.6. The van der Waals surface area contributed by atoms with Gasteiger partial charge in [-0.2, -0.15) is 0 Å². The lowest BCUT2D eigenvalue weighted by molar-refractivity contribution is 0.0482. The Morgan fingerprint density at radius 1 is 1.26 bits per heavy atom. The zero-order valence-electron chi connectivity index (χ0n) is 11.8. The largest absolute Gasteiger partial charge is 0.393 e. The first-order valence-corrected chi connectivity index (χ1v) is 9.41. The number of aliphatic hydroxyl groups excluding tert-OH is 1. The highest BCUT2D eigenvalue weighted by atomic mass is 32.2. The fourth-order valence-electron chi connectivity index (χ4n) is 3.38. The molecule has 0 bridgehead atoms. The Balaban J connectivity index is 1.79. The average Bonchev–Trinajstić information content (AvgIpc) is 2.88. The molecule has 0 aromatic rings. The van der Waals surface area contributed by atoms with Crippen LogP contribution < -0.4 is 0 Å². The fourth-order valence-corrected chi connectivity index (χ4v) is 4.58. The van der Waals surface area contributed by atoms with Crippen LogP contribution in [-0.2, 0) is 14.6 Å². The molecule has 1 aliphatic carbocycles. The summed E-state index contributed by atoms with van der Waals surface area (Å²) in [5.41, 5.74) is 0. The van der Waals surface area contributed by atoms with Gasteiger partial charge in [-0.15, -0.1) is 0 Å². The van der Waals surface area contributed by atoms with Crippen molar-refractivity contribution in [2.24, 2.45) is 5.92 Å². The summed E-state index contributed by atoms with van der Waals surface area (Å²) in [4.78, 5) is 0. The Labute approximate surface area is 116 Å². The Kier molecular flexibility index (Phi) is 5.26. The highest BCUT2D eigenvalue weighted by Crippen LogP contribution is 2.32. The van der Waals surface area contributed by atoms with Crippen molar-refractivity contribution in [3.05, 3.63) is 0 Å². The monoisotopic (exact) mass is 290 g/mol. The third-order valence-electron chi connectivity index (χ3n) is 4.62. The normalized spacial score (nSPS) is 34.3. The molecular weight excluding hydrogens is 264 g/mol. The van der Waals surface area contributed by atoms with E-state index in [-0.39, 0.29) is 17.3 Å². The molecule has 0 spiro atoms. The van der Waals surface area contributed by atoms with Crippen LogP contribution in [0.3, 0.4) is 0 Å². The second-order valence-electron chi connectivity index (χ2n) is 6.16. The molecule has 1 saturated heterocycles. The van der Waals surface area contributed by atoms with E-state index < -0.39 is 9.84 Å². The standard InChI is InChI=1S/C14H26O4S/c1-19(16,17)13-6-2-4-11(10-13)14(15)8-7-12-5-3-9-18-12/h11-15H,2-10H2,1H3. The first-order chi connectivity index (χ1) is 8.97. The molecule has 4 atom stereocenters. The molecule has 4 nitrogen and oxygen atoms in total. The van der Waals surface area contributed by atoms with Gasteiger partial charge in [-0.1, -0.05) is 6.42 Å². The van der Waals surface area contributed by atoms with E-state index in [0.717, 1.165) is 51.6 Å². The van der Waals surface area contributed by atoms with Gasteiger partial charge in [0, 0.05) is 12.9 Å². The molecule has 1 heterocycles. The van der Waals surface area contributed by atoms with Crippen molar-refractivity contribution in [2.45, 2.75) is 68.8 Å². The van der Waals surface area contributed by atoms with E-state index in [9.17, 15) is 13.5 Å². The summed E-state index contributed by atoms with van der Waals surface area (Å²) in [6.45, 7) is 0.848. The van der Waals surface area contributed by atoms with Crippen molar-refractivity contribution in [3.63, 3.8) is 0 Å². The van der Waals surface area contributed by atoms with Crippen molar-refractivity contribution in [1.29, 1.82) is 0 Å². The maximum Gasteiger partial charge on any atom is 0.150 e. The Hall–Kier alpha value is -0.130. The first-order valence-electron chi connectivity index (χ1n) is 7.45. The lowest BCUT2D eigenvalue weighted by atomic mass is 9.83. The summed E-state index contributed by atoms with van der Waals surface area (Å²) >= 11 is 0. The summed E-state index contributed by atoms with van der Waals surface area (Å²) in [5, 5.41) is 10.0. The van der Waals surface area contributed by atoms with Crippen LogP contribution in [0.25, 0.3) is 0 Å². The highest BCUT2D eigenvalue weighted by Gasteiger charge is 2.32. The zero-order chi connectivity index (χ0) is 13.9. The van der Waals surface area contributed by atoms with Crippen molar-refractivity contribution in [2.75, 3.05) is 12.9 Å². The smallest absolute Gasteiger partial charge is 0.150 e. The van der Waals surface area contributed by atoms with E-state index in [4.69, 9.17) is 4.74 Å². The van der Waals surface area contributed by atoms with Crippen molar-refractivity contribution < 1.29 is 18.3 Å². The third-order valence-corrected chi connectivity index (χ3v) is 6.26. The van der Waals surface area contributed by atoms with Gasteiger partial charge in [0.2, 0.25) is 0 Å². The predicted molar refractivity (Wildman–Crippen MR) is 74.8 cm³/mol. The van der Waals surface area contributed by atoms with Crippen LogP contribution in [0.15, 0.2) is 0 Å². The van der Waals surface area contributed by atoms with E-state index >= 15 is 0 Å². The van der Waals surface area contributed by atoms with Crippen LogP contribution in [0.2, 0.25) is 0 Å². The second-order valence-corrected chi connectivity index (χ2v) is 8.48. The van der Waals surface area contributed by atoms with Gasteiger partial charge < -0.3 is 9.84 Å². The van der Waals surface area contributed by atoms with E-state index in [1.807, 2.05) is 0 Å². The SMILES string of the molecule is CS(=O)(=O)C1CCCC(C(O)CCC2CCCO2)C1. The van der Waals surface area contributed by atoms with Crippen molar-refractivity contribution in [1.82, 2.24) is 0 Å². The van der Waals surface area contributed by atoms with Crippen LogP contribution in [-0.4, -0.2) is 43.8 Å². The van der Waals surface area contributed by atoms with Gasteiger partial charge in [0.1, 0.15) is 9.84 Å². The Morgan fingerprint density at radius 2 is 2.05 bits per heavy atom. The van der Waals surface area contributed by atoms with Gasteiger partial charge in [0.05, 0.1) is 17.5 Å². The fraction of sp³-hybridized carbons (Fsp3) is 1.00. The average molecular weight is 290 g/mol. The summed E-state index contributed by atoms with van der Waals surface area (Å²) in [5.74, 6) is 0.148. The lowest BCUT2D eigenvalue weighted by Gasteiger charge is -2.31. The van der Waals surface area contributed by atoms with E-state index in [1.165, 1.54) is 6.26 Å². The second kappa shape index (κ2) is 6.55. The lowest BCUT2D eigenvalue weighted by Crippen LogP contribution is -2.33. The molecule has 112 valence electrons.